The van der Waals surface area contributed by atoms with Crippen LogP contribution in [-0.4, -0.2) is 17.5 Å². The maximum Gasteiger partial charge on any atom is 0.322 e. The molecule has 1 aromatic heterocycles. The lowest BCUT2D eigenvalue weighted by Gasteiger charge is -2.24. The van der Waals surface area contributed by atoms with E-state index >= 15 is 0 Å². The third-order valence-electron chi connectivity index (χ3n) is 3.56. The highest BCUT2D eigenvalue weighted by Crippen LogP contribution is 2.35. The number of benzene rings is 1. The van der Waals surface area contributed by atoms with E-state index in [4.69, 9.17) is 0 Å². The van der Waals surface area contributed by atoms with Crippen LogP contribution in [-0.2, 0) is 0 Å². The number of likely N-dealkylation sites (tertiary alicyclic amines) is 1. The Labute approximate surface area is 134 Å². The van der Waals surface area contributed by atoms with Crippen molar-refractivity contribution in [2.24, 2.45) is 0 Å². The molecule has 0 aliphatic carbocycles. The number of anilines is 1. The van der Waals surface area contributed by atoms with E-state index in [2.05, 4.69) is 21.2 Å². The van der Waals surface area contributed by atoms with Gasteiger partial charge in [-0.2, -0.15) is 0 Å². The first-order valence-electron chi connectivity index (χ1n) is 6.71. The summed E-state index contributed by atoms with van der Waals surface area (Å²) in [5.74, 6) is -0.440. The minimum atomic E-state index is -0.440. The normalized spacial score (nSPS) is 18.0. The molecule has 1 fully saturated rings. The molecule has 0 radical (unpaired) electrons. The van der Waals surface area contributed by atoms with Gasteiger partial charge in [-0.25, -0.2) is 9.18 Å². The molecule has 1 aliphatic rings. The van der Waals surface area contributed by atoms with E-state index in [9.17, 15) is 9.18 Å². The lowest BCUT2D eigenvalue weighted by atomic mass is 10.2. The maximum absolute atomic E-state index is 13.8. The summed E-state index contributed by atoms with van der Waals surface area (Å²) in [7, 11) is 0. The summed E-state index contributed by atoms with van der Waals surface area (Å²) in [6.07, 6.45) is 1.93. The highest BCUT2D eigenvalue weighted by atomic mass is 79.9. The molecule has 21 heavy (non-hydrogen) atoms. The average Bonchev–Trinajstić information content (AvgIpc) is 3.10. The number of carbonyl (C=O) groups is 1. The van der Waals surface area contributed by atoms with Crippen molar-refractivity contribution in [1.29, 1.82) is 0 Å². The Kier molecular flexibility index (Phi) is 4.26. The molecule has 1 atom stereocenters. The van der Waals surface area contributed by atoms with Crippen LogP contribution in [0, 0.1) is 5.82 Å². The molecule has 6 heteroatoms. The third-order valence-corrected chi connectivity index (χ3v) is 5.02. The van der Waals surface area contributed by atoms with Gasteiger partial charge in [0.05, 0.1) is 11.7 Å². The van der Waals surface area contributed by atoms with Crippen molar-refractivity contribution in [3.63, 3.8) is 0 Å². The molecule has 1 aromatic carbocycles. The third kappa shape index (κ3) is 3.11. The largest absolute Gasteiger partial charge is 0.322 e. The van der Waals surface area contributed by atoms with Gasteiger partial charge in [0, 0.05) is 15.9 Å². The zero-order chi connectivity index (χ0) is 14.8. The molecule has 0 saturated carbocycles. The molecule has 0 bridgehead atoms. The zero-order valence-electron chi connectivity index (χ0n) is 11.2. The van der Waals surface area contributed by atoms with Crippen molar-refractivity contribution in [3.8, 4) is 0 Å². The molecule has 3 nitrogen and oxygen atoms in total. The number of carbonyl (C=O) groups excluding carboxylic acids is 1. The number of amides is 2. The molecule has 1 unspecified atom stereocenters. The Bertz CT molecular complexity index is 647. The number of thiophene rings is 1. The quantitative estimate of drug-likeness (QED) is 0.792. The summed E-state index contributed by atoms with van der Waals surface area (Å²) in [6, 6.07) is 8.50. The van der Waals surface area contributed by atoms with Crippen molar-refractivity contribution in [3.05, 3.63) is 50.9 Å². The van der Waals surface area contributed by atoms with Crippen LogP contribution in [0.4, 0.5) is 14.9 Å². The number of halogens is 2. The fourth-order valence-corrected chi connectivity index (χ4v) is 3.77. The molecule has 110 valence electrons. The summed E-state index contributed by atoms with van der Waals surface area (Å²) in [5, 5.41) is 4.68. The molecule has 1 aliphatic heterocycles. The number of nitrogens with zero attached hydrogens (tertiary/aromatic N) is 1. The van der Waals surface area contributed by atoms with Crippen LogP contribution >= 0.6 is 27.3 Å². The van der Waals surface area contributed by atoms with Crippen LogP contribution < -0.4 is 5.32 Å². The van der Waals surface area contributed by atoms with Gasteiger partial charge in [-0.15, -0.1) is 11.3 Å². The van der Waals surface area contributed by atoms with E-state index in [-0.39, 0.29) is 17.8 Å². The Morgan fingerprint density at radius 1 is 1.43 bits per heavy atom. The van der Waals surface area contributed by atoms with Gasteiger partial charge in [0.2, 0.25) is 0 Å². The van der Waals surface area contributed by atoms with Gasteiger partial charge in [0.1, 0.15) is 5.82 Å². The standard InChI is InChI=1S/C15H14BrFN2OS/c16-10-5-6-12(11(17)9-10)18-15(20)19-7-1-3-13(19)14-4-2-8-21-14/h2,4-6,8-9,13H,1,3,7H2,(H,18,20). The van der Waals surface area contributed by atoms with Gasteiger partial charge in [0.25, 0.3) is 0 Å². The summed E-state index contributed by atoms with van der Waals surface area (Å²) in [6.45, 7) is 0.701. The second-order valence-corrected chi connectivity index (χ2v) is 6.82. The molecule has 2 heterocycles. The average molecular weight is 369 g/mol. The van der Waals surface area contributed by atoms with Gasteiger partial charge < -0.3 is 10.2 Å². The lowest BCUT2D eigenvalue weighted by Crippen LogP contribution is -2.34. The fourth-order valence-electron chi connectivity index (χ4n) is 2.56. The molecule has 1 saturated heterocycles. The van der Waals surface area contributed by atoms with E-state index in [1.165, 1.54) is 10.9 Å². The number of nitrogens with one attached hydrogen (secondary N) is 1. The van der Waals surface area contributed by atoms with Crippen LogP contribution in [0.5, 0.6) is 0 Å². The van der Waals surface area contributed by atoms with Crippen LogP contribution in [0.1, 0.15) is 23.8 Å². The fraction of sp³-hybridized carbons (Fsp3) is 0.267. The zero-order valence-corrected chi connectivity index (χ0v) is 13.6. The molecular formula is C15H14BrFN2OS. The molecule has 2 amide bonds. The number of urea groups is 1. The molecule has 1 N–H and O–H groups in total. The van der Waals surface area contributed by atoms with Crippen molar-refractivity contribution in [1.82, 2.24) is 4.90 Å². The minimum Gasteiger partial charge on any atom is -0.317 e. The Balaban J connectivity index is 1.75. The van der Waals surface area contributed by atoms with Crippen LogP contribution in [0.15, 0.2) is 40.2 Å². The second-order valence-electron chi connectivity index (χ2n) is 4.92. The highest BCUT2D eigenvalue weighted by molar-refractivity contribution is 9.10. The van der Waals surface area contributed by atoms with Crippen molar-refractivity contribution < 1.29 is 9.18 Å². The molecule has 3 rings (SSSR count). The van der Waals surface area contributed by atoms with Crippen molar-refractivity contribution in [2.45, 2.75) is 18.9 Å². The minimum absolute atomic E-state index is 0.100. The smallest absolute Gasteiger partial charge is 0.317 e. The number of hydrogen-bond donors (Lipinski definition) is 1. The number of hydrogen-bond acceptors (Lipinski definition) is 2. The van der Waals surface area contributed by atoms with Gasteiger partial charge in [-0.3, -0.25) is 0 Å². The van der Waals surface area contributed by atoms with Gasteiger partial charge in [-0.1, -0.05) is 22.0 Å². The highest BCUT2D eigenvalue weighted by Gasteiger charge is 2.30. The van der Waals surface area contributed by atoms with Crippen LogP contribution in [0.3, 0.4) is 0 Å². The van der Waals surface area contributed by atoms with E-state index in [1.807, 2.05) is 17.5 Å². The predicted molar refractivity (Wildman–Crippen MR) is 86.1 cm³/mol. The summed E-state index contributed by atoms with van der Waals surface area (Å²) in [4.78, 5) is 15.4. The molecule has 2 aromatic rings. The monoisotopic (exact) mass is 368 g/mol. The Morgan fingerprint density at radius 3 is 3.00 bits per heavy atom. The summed E-state index contributed by atoms with van der Waals surface area (Å²) in [5.41, 5.74) is 0.208. The van der Waals surface area contributed by atoms with Gasteiger partial charge >= 0.3 is 6.03 Å². The van der Waals surface area contributed by atoms with Gasteiger partial charge in [-0.05, 0) is 42.5 Å². The van der Waals surface area contributed by atoms with E-state index in [0.717, 1.165) is 12.8 Å². The first kappa shape index (κ1) is 14.5. The van der Waals surface area contributed by atoms with Crippen LogP contribution in [0.2, 0.25) is 0 Å². The van der Waals surface area contributed by atoms with E-state index in [1.54, 1.807) is 28.4 Å². The van der Waals surface area contributed by atoms with Crippen LogP contribution in [0.25, 0.3) is 0 Å². The first-order chi connectivity index (χ1) is 10.1. The van der Waals surface area contributed by atoms with E-state index in [0.29, 0.717) is 11.0 Å². The summed E-state index contributed by atoms with van der Waals surface area (Å²) < 4.78 is 14.5. The topological polar surface area (TPSA) is 32.3 Å². The Hall–Kier alpha value is -1.40. The second kappa shape index (κ2) is 6.15. The van der Waals surface area contributed by atoms with Crippen molar-refractivity contribution in [2.75, 3.05) is 11.9 Å². The lowest BCUT2D eigenvalue weighted by molar-refractivity contribution is 0.207. The maximum atomic E-state index is 13.8. The Morgan fingerprint density at radius 2 is 2.29 bits per heavy atom. The SMILES string of the molecule is O=C(Nc1ccc(Br)cc1F)N1CCCC1c1cccs1. The van der Waals surface area contributed by atoms with E-state index < -0.39 is 5.82 Å². The molecule has 0 spiro atoms. The van der Waals surface area contributed by atoms with Crippen molar-refractivity contribution >= 4 is 39.0 Å². The van der Waals surface area contributed by atoms with Gasteiger partial charge in [0.15, 0.2) is 0 Å². The number of rotatable bonds is 2. The predicted octanol–water partition coefficient (Wildman–Crippen LogP) is 5.02. The first-order valence-corrected chi connectivity index (χ1v) is 8.38. The molecular weight excluding hydrogens is 355 g/mol. The summed E-state index contributed by atoms with van der Waals surface area (Å²) >= 11 is 4.85.